The largest absolute Gasteiger partial charge is 0.350 e. The van der Waals surface area contributed by atoms with Crippen molar-refractivity contribution in [3.63, 3.8) is 0 Å². The van der Waals surface area contributed by atoms with Crippen LogP contribution in [0.15, 0.2) is 58.2 Å². The third-order valence-corrected chi connectivity index (χ3v) is 7.05. The number of rotatable bonds is 7. The molecular weight excluding hydrogens is 414 g/mol. The molecule has 0 atom stereocenters. The number of amides is 1. The normalized spacial score (nSPS) is 11.4. The predicted octanol–water partition coefficient (Wildman–Crippen LogP) is 2.07. The van der Waals surface area contributed by atoms with Gasteiger partial charge in [-0.1, -0.05) is 36.3 Å². The molecule has 8 heteroatoms. The van der Waals surface area contributed by atoms with Gasteiger partial charge in [0.1, 0.15) is 6.54 Å². The molecule has 160 valence electrons. The Labute approximate surface area is 181 Å². The van der Waals surface area contributed by atoms with Gasteiger partial charge in [0, 0.05) is 5.39 Å². The van der Waals surface area contributed by atoms with E-state index in [0.717, 1.165) is 0 Å². The number of terminal acetylenes is 1. The maximum Gasteiger partial charge on any atom is 0.275 e. The quantitative estimate of drug-likeness (QED) is 0.571. The lowest BCUT2D eigenvalue weighted by Gasteiger charge is -2.11. The molecule has 1 N–H and O–H groups in total. The third kappa shape index (κ3) is 4.84. The second-order valence-electron chi connectivity index (χ2n) is 7.35. The fourth-order valence-electron chi connectivity index (χ4n) is 3.13. The van der Waals surface area contributed by atoms with Crippen LogP contribution in [0.3, 0.4) is 0 Å². The van der Waals surface area contributed by atoms with Gasteiger partial charge in [0.25, 0.3) is 5.56 Å². The summed E-state index contributed by atoms with van der Waals surface area (Å²) < 4.78 is 25.6. The van der Waals surface area contributed by atoms with Crippen LogP contribution >= 0.6 is 0 Å². The second-order valence-corrected chi connectivity index (χ2v) is 9.85. The second kappa shape index (κ2) is 9.14. The fraction of sp³-hybridized carbons (Fsp3) is 0.261. The maximum atomic E-state index is 12.5. The molecule has 1 heterocycles. The highest BCUT2D eigenvalue weighted by molar-refractivity contribution is 7.92. The standard InChI is InChI=1S/C23H23N3O4S/c1-4-13-26-23(28)20-8-6-5-7-19(20)21(25-26)15-24-22(27)14-17-9-11-18(12-10-17)31(29,30)16(2)3/h1,5-12,16H,13-15H2,2-3H3,(H,24,27). The van der Waals surface area contributed by atoms with Gasteiger partial charge in [0.2, 0.25) is 5.91 Å². The van der Waals surface area contributed by atoms with Gasteiger partial charge in [0.15, 0.2) is 9.84 Å². The zero-order valence-corrected chi connectivity index (χ0v) is 18.1. The lowest BCUT2D eigenvalue weighted by atomic mass is 10.1. The zero-order chi connectivity index (χ0) is 22.6. The van der Waals surface area contributed by atoms with Gasteiger partial charge in [-0.15, -0.1) is 6.42 Å². The number of fused-ring (bicyclic) bond motifs is 1. The third-order valence-electron chi connectivity index (χ3n) is 4.88. The molecule has 0 saturated carbocycles. The van der Waals surface area contributed by atoms with Crippen LogP contribution in [0.2, 0.25) is 0 Å². The average molecular weight is 438 g/mol. The van der Waals surface area contributed by atoms with E-state index < -0.39 is 15.1 Å². The first-order chi connectivity index (χ1) is 14.7. The lowest BCUT2D eigenvalue weighted by molar-refractivity contribution is -0.120. The summed E-state index contributed by atoms with van der Waals surface area (Å²) >= 11 is 0. The Morgan fingerprint density at radius 3 is 2.39 bits per heavy atom. The smallest absolute Gasteiger partial charge is 0.275 e. The molecule has 0 aliphatic carbocycles. The molecule has 7 nitrogen and oxygen atoms in total. The summed E-state index contributed by atoms with van der Waals surface area (Å²) in [4.78, 5) is 25.1. The predicted molar refractivity (Wildman–Crippen MR) is 119 cm³/mol. The van der Waals surface area contributed by atoms with Crippen LogP contribution in [0.4, 0.5) is 0 Å². The minimum atomic E-state index is -3.35. The lowest BCUT2D eigenvalue weighted by Crippen LogP contribution is -2.29. The zero-order valence-electron chi connectivity index (χ0n) is 17.3. The summed E-state index contributed by atoms with van der Waals surface area (Å²) in [6, 6.07) is 13.3. The van der Waals surface area contributed by atoms with Gasteiger partial charge < -0.3 is 5.32 Å². The molecule has 31 heavy (non-hydrogen) atoms. The van der Waals surface area contributed by atoms with E-state index in [2.05, 4.69) is 16.3 Å². The van der Waals surface area contributed by atoms with Gasteiger partial charge in [-0.3, -0.25) is 9.59 Å². The van der Waals surface area contributed by atoms with Crippen LogP contribution in [0, 0.1) is 12.3 Å². The minimum Gasteiger partial charge on any atom is -0.350 e. The number of carbonyl (C=O) groups is 1. The summed E-state index contributed by atoms with van der Waals surface area (Å²) in [6.45, 7) is 3.42. The van der Waals surface area contributed by atoms with Crippen molar-refractivity contribution in [2.75, 3.05) is 0 Å². The van der Waals surface area contributed by atoms with Crippen molar-refractivity contribution in [1.29, 1.82) is 0 Å². The van der Waals surface area contributed by atoms with Gasteiger partial charge in [-0.05, 0) is 37.6 Å². The Hall–Kier alpha value is -3.44. The summed E-state index contributed by atoms with van der Waals surface area (Å²) in [5.41, 5.74) is 0.951. The van der Waals surface area contributed by atoms with E-state index in [4.69, 9.17) is 6.42 Å². The van der Waals surface area contributed by atoms with Crippen LogP contribution in [-0.2, 0) is 34.1 Å². The first kappa shape index (κ1) is 22.2. The maximum absolute atomic E-state index is 12.5. The topological polar surface area (TPSA) is 98.1 Å². The molecule has 0 aliphatic heterocycles. The molecule has 1 amide bonds. The van der Waals surface area contributed by atoms with Crippen molar-refractivity contribution < 1.29 is 13.2 Å². The average Bonchev–Trinajstić information content (AvgIpc) is 2.75. The van der Waals surface area contributed by atoms with E-state index in [-0.39, 0.29) is 35.9 Å². The van der Waals surface area contributed by atoms with Gasteiger partial charge in [-0.2, -0.15) is 5.10 Å². The summed E-state index contributed by atoms with van der Waals surface area (Å²) in [6.07, 6.45) is 5.42. The van der Waals surface area contributed by atoms with Gasteiger partial charge in [-0.25, -0.2) is 13.1 Å². The van der Waals surface area contributed by atoms with E-state index in [1.165, 1.54) is 16.8 Å². The molecule has 1 aromatic heterocycles. The van der Waals surface area contributed by atoms with E-state index in [0.29, 0.717) is 22.0 Å². The molecule has 2 aromatic carbocycles. The molecule has 3 aromatic rings. The number of hydrogen-bond acceptors (Lipinski definition) is 5. The Bertz CT molecular complexity index is 1320. The molecule has 0 aliphatic rings. The van der Waals surface area contributed by atoms with Crippen molar-refractivity contribution in [2.24, 2.45) is 0 Å². The summed E-state index contributed by atoms with van der Waals surface area (Å²) in [5.74, 6) is 2.16. The van der Waals surface area contributed by atoms with Crippen LogP contribution < -0.4 is 10.9 Å². The van der Waals surface area contributed by atoms with Crippen LogP contribution in [0.25, 0.3) is 10.8 Å². The van der Waals surface area contributed by atoms with E-state index >= 15 is 0 Å². The Morgan fingerprint density at radius 1 is 1.13 bits per heavy atom. The number of aromatic nitrogens is 2. The number of hydrogen-bond donors (Lipinski definition) is 1. The molecular formula is C23H23N3O4S. The van der Waals surface area contributed by atoms with Crippen molar-refractivity contribution in [1.82, 2.24) is 15.1 Å². The van der Waals surface area contributed by atoms with Crippen LogP contribution in [0.1, 0.15) is 25.1 Å². The van der Waals surface area contributed by atoms with Gasteiger partial charge in [0.05, 0.1) is 34.2 Å². The van der Waals surface area contributed by atoms with E-state index in [1.54, 1.807) is 50.2 Å². The summed E-state index contributed by atoms with van der Waals surface area (Å²) in [5, 5.41) is 7.74. The first-order valence-corrected chi connectivity index (χ1v) is 11.3. The van der Waals surface area contributed by atoms with E-state index in [1.807, 2.05) is 0 Å². The van der Waals surface area contributed by atoms with Crippen molar-refractivity contribution in [3.8, 4) is 12.3 Å². The summed E-state index contributed by atoms with van der Waals surface area (Å²) in [7, 11) is -3.35. The highest BCUT2D eigenvalue weighted by Gasteiger charge is 2.19. The number of benzene rings is 2. The Balaban J connectivity index is 1.74. The number of nitrogens with zero attached hydrogens (tertiary/aromatic N) is 2. The SMILES string of the molecule is C#CCn1nc(CNC(=O)Cc2ccc(S(=O)(=O)C(C)C)cc2)c2ccccc2c1=O. The molecule has 0 saturated heterocycles. The molecule has 0 unspecified atom stereocenters. The fourth-order valence-corrected chi connectivity index (χ4v) is 4.19. The highest BCUT2D eigenvalue weighted by Crippen LogP contribution is 2.17. The van der Waals surface area contributed by atoms with E-state index in [9.17, 15) is 18.0 Å². The Kier molecular flexibility index (Phi) is 6.56. The van der Waals surface area contributed by atoms with Gasteiger partial charge >= 0.3 is 0 Å². The molecule has 0 bridgehead atoms. The highest BCUT2D eigenvalue weighted by atomic mass is 32.2. The van der Waals surface area contributed by atoms with Crippen molar-refractivity contribution >= 4 is 26.5 Å². The number of carbonyl (C=O) groups excluding carboxylic acids is 1. The minimum absolute atomic E-state index is 0.0379. The van der Waals surface area contributed by atoms with Crippen LogP contribution in [-0.4, -0.2) is 29.4 Å². The first-order valence-electron chi connectivity index (χ1n) is 9.75. The van der Waals surface area contributed by atoms with Crippen molar-refractivity contribution in [3.05, 3.63) is 70.1 Å². The number of sulfone groups is 1. The molecule has 0 radical (unpaired) electrons. The Morgan fingerprint density at radius 2 is 1.77 bits per heavy atom. The molecule has 0 fully saturated rings. The van der Waals surface area contributed by atoms with Crippen LogP contribution in [0.5, 0.6) is 0 Å². The number of nitrogens with one attached hydrogen (secondary N) is 1. The molecule has 3 rings (SSSR count). The molecule has 0 spiro atoms. The monoisotopic (exact) mass is 437 g/mol. The van der Waals surface area contributed by atoms with Crippen molar-refractivity contribution in [2.45, 2.75) is 43.5 Å².